The van der Waals surface area contributed by atoms with Crippen LogP contribution in [0.5, 0.6) is 0 Å². The van der Waals surface area contributed by atoms with Crippen molar-refractivity contribution >= 4 is 11.8 Å². The summed E-state index contributed by atoms with van der Waals surface area (Å²) < 4.78 is 5.35. The van der Waals surface area contributed by atoms with Gasteiger partial charge in [0.05, 0.1) is 25.0 Å². The smallest absolute Gasteiger partial charge is 0.226 e. The number of ether oxygens (including phenoxy) is 1. The van der Waals surface area contributed by atoms with E-state index in [9.17, 15) is 9.59 Å². The van der Waals surface area contributed by atoms with E-state index in [0.29, 0.717) is 51.0 Å². The third-order valence-corrected chi connectivity index (χ3v) is 6.04. The minimum absolute atomic E-state index is 0.138. The van der Waals surface area contributed by atoms with Crippen molar-refractivity contribution < 1.29 is 14.3 Å². The van der Waals surface area contributed by atoms with E-state index in [1.165, 1.54) is 0 Å². The molecule has 5 heteroatoms. The first-order valence-corrected chi connectivity index (χ1v) is 9.38. The van der Waals surface area contributed by atoms with Gasteiger partial charge in [-0.05, 0) is 31.1 Å². The summed E-state index contributed by atoms with van der Waals surface area (Å²) in [4.78, 5) is 29.9. The molecule has 2 saturated heterocycles. The van der Waals surface area contributed by atoms with Crippen LogP contribution < -0.4 is 0 Å². The van der Waals surface area contributed by atoms with Crippen molar-refractivity contribution in [3.63, 3.8) is 0 Å². The Balaban J connectivity index is 1.68. The van der Waals surface area contributed by atoms with Crippen molar-refractivity contribution in [1.29, 1.82) is 0 Å². The molecule has 0 unspecified atom stereocenters. The molecule has 4 atom stereocenters. The van der Waals surface area contributed by atoms with Crippen LogP contribution in [-0.4, -0.2) is 61.0 Å². The SMILES string of the molecule is C[C@@H]1CCN(C(=O)[C@@H]2CC=CC[C@H]2C(=O)N2CCOCC2)C[C@@H]1C. The van der Waals surface area contributed by atoms with Crippen LogP contribution in [0.2, 0.25) is 0 Å². The monoisotopic (exact) mass is 334 g/mol. The molecule has 134 valence electrons. The van der Waals surface area contributed by atoms with Gasteiger partial charge in [0.2, 0.25) is 11.8 Å². The first kappa shape index (κ1) is 17.5. The van der Waals surface area contributed by atoms with Crippen molar-refractivity contribution in [3.05, 3.63) is 12.2 Å². The maximum atomic E-state index is 13.1. The first-order chi connectivity index (χ1) is 11.6. The highest BCUT2D eigenvalue weighted by Gasteiger charge is 2.39. The van der Waals surface area contributed by atoms with Gasteiger partial charge >= 0.3 is 0 Å². The Morgan fingerprint density at radius 2 is 1.46 bits per heavy atom. The predicted octanol–water partition coefficient (Wildman–Crippen LogP) is 1.93. The molecular formula is C19H30N2O3. The number of carbonyl (C=O) groups excluding carboxylic acids is 2. The molecule has 0 bridgehead atoms. The zero-order chi connectivity index (χ0) is 17.1. The Morgan fingerprint density at radius 3 is 2.04 bits per heavy atom. The molecule has 24 heavy (non-hydrogen) atoms. The van der Waals surface area contributed by atoms with E-state index >= 15 is 0 Å². The summed E-state index contributed by atoms with van der Waals surface area (Å²) in [5.41, 5.74) is 0. The van der Waals surface area contributed by atoms with Gasteiger partial charge in [-0.2, -0.15) is 0 Å². The molecule has 5 nitrogen and oxygen atoms in total. The maximum Gasteiger partial charge on any atom is 0.226 e. The highest BCUT2D eigenvalue weighted by Crippen LogP contribution is 2.32. The summed E-state index contributed by atoms with van der Waals surface area (Å²) in [7, 11) is 0. The zero-order valence-electron chi connectivity index (χ0n) is 14.9. The van der Waals surface area contributed by atoms with Crippen molar-refractivity contribution in [2.75, 3.05) is 39.4 Å². The molecule has 0 aromatic heterocycles. The Kier molecular flexibility index (Phi) is 5.59. The summed E-state index contributed by atoms with van der Waals surface area (Å²) in [6.45, 7) is 8.67. The first-order valence-electron chi connectivity index (χ1n) is 9.38. The van der Waals surface area contributed by atoms with Crippen molar-refractivity contribution in [2.24, 2.45) is 23.7 Å². The third-order valence-electron chi connectivity index (χ3n) is 6.04. The van der Waals surface area contributed by atoms with E-state index in [4.69, 9.17) is 4.74 Å². The van der Waals surface area contributed by atoms with E-state index in [1.54, 1.807) is 0 Å². The predicted molar refractivity (Wildman–Crippen MR) is 92.3 cm³/mol. The summed E-state index contributed by atoms with van der Waals surface area (Å²) >= 11 is 0. The van der Waals surface area contributed by atoms with E-state index in [0.717, 1.165) is 19.5 Å². The number of rotatable bonds is 2. The minimum atomic E-state index is -0.199. The van der Waals surface area contributed by atoms with Crippen molar-refractivity contribution in [2.45, 2.75) is 33.1 Å². The maximum absolute atomic E-state index is 13.1. The number of allylic oxidation sites excluding steroid dienone is 2. The van der Waals surface area contributed by atoms with Crippen molar-refractivity contribution in [1.82, 2.24) is 9.80 Å². The molecule has 1 aliphatic carbocycles. The van der Waals surface area contributed by atoms with Crippen LogP contribution in [0.25, 0.3) is 0 Å². The number of hydrogen-bond donors (Lipinski definition) is 0. The lowest BCUT2D eigenvalue weighted by Gasteiger charge is -2.40. The lowest BCUT2D eigenvalue weighted by Crippen LogP contribution is -2.51. The summed E-state index contributed by atoms with van der Waals surface area (Å²) in [5.74, 6) is 1.15. The number of carbonyl (C=O) groups is 2. The lowest BCUT2D eigenvalue weighted by molar-refractivity contribution is -0.150. The molecule has 2 aliphatic heterocycles. The summed E-state index contributed by atoms with van der Waals surface area (Å²) in [6, 6.07) is 0. The second-order valence-electron chi connectivity index (χ2n) is 7.62. The highest BCUT2D eigenvalue weighted by atomic mass is 16.5. The van der Waals surface area contributed by atoms with Crippen LogP contribution in [0.1, 0.15) is 33.1 Å². The standard InChI is InChI=1S/C19H30N2O3/c1-14-7-8-21(13-15(14)2)19(23)17-6-4-3-5-16(17)18(22)20-9-11-24-12-10-20/h3-4,14-17H,5-13H2,1-2H3/t14-,15+,16-,17-/m1/s1. The largest absolute Gasteiger partial charge is 0.378 e. The average molecular weight is 334 g/mol. The van der Waals surface area contributed by atoms with Crippen LogP contribution >= 0.6 is 0 Å². The highest BCUT2D eigenvalue weighted by molar-refractivity contribution is 5.88. The average Bonchev–Trinajstić information content (AvgIpc) is 2.63. The Labute approximate surface area is 145 Å². The van der Waals surface area contributed by atoms with Crippen LogP contribution in [0, 0.1) is 23.7 Å². The number of nitrogens with zero attached hydrogens (tertiary/aromatic N) is 2. The second kappa shape index (κ2) is 7.68. The second-order valence-corrected chi connectivity index (χ2v) is 7.62. The Bertz CT molecular complexity index is 499. The van der Waals surface area contributed by atoms with Gasteiger partial charge in [-0.15, -0.1) is 0 Å². The molecule has 0 aromatic rings. The van der Waals surface area contributed by atoms with E-state index in [1.807, 2.05) is 9.80 Å². The quantitative estimate of drug-likeness (QED) is 0.725. The summed E-state index contributed by atoms with van der Waals surface area (Å²) in [5, 5.41) is 0. The molecule has 3 aliphatic rings. The van der Waals surface area contributed by atoms with Gasteiger partial charge < -0.3 is 14.5 Å². The van der Waals surface area contributed by atoms with Crippen LogP contribution in [0.4, 0.5) is 0 Å². The van der Waals surface area contributed by atoms with Gasteiger partial charge in [-0.25, -0.2) is 0 Å². The molecule has 2 heterocycles. The van der Waals surface area contributed by atoms with Crippen LogP contribution in [0.15, 0.2) is 12.2 Å². The van der Waals surface area contributed by atoms with Gasteiger partial charge in [-0.3, -0.25) is 9.59 Å². The molecule has 0 radical (unpaired) electrons. The van der Waals surface area contributed by atoms with Gasteiger partial charge in [-0.1, -0.05) is 26.0 Å². The molecule has 0 N–H and O–H groups in total. The zero-order valence-corrected chi connectivity index (χ0v) is 14.9. The summed E-state index contributed by atoms with van der Waals surface area (Å²) in [6.07, 6.45) is 6.58. The van der Waals surface area contributed by atoms with Gasteiger partial charge in [0.25, 0.3) is 0 Å². The molecule has 3 rings (SSSR count). The lowest BCUT2D eigenvalue weighted by atomic mass is 9.80. The number of amides is 2. The van der Waals surface area contributed by atoms with Crippen LogP contribution in [-0.2, 0) is 14.3 Å². The number of piperidine rings is 1. The number of morpholine rings is 1. The number of likely N-dealkylation sites (tertiary alicyclic amines) is 1. The molecule has 2 amide bonds. The number of hydrogen-bond acceptors (Lipinski definition) is 3. The van der Waals surface area contributed by atoms with Crippen LogP contribution in [0.3, 0.4) is 0 Å². The van der Waals surface area contributed by atoms with Gasteiger partial charge in [0.15, 0.2) is 0 Å². The molecule has 0 aromatic carbocycles. The fraction of sp³-hybridized carbons (Fsp3) is 0.789. The molecule has 0 saturated carbocycles. The fourth-order valence-electron chi connectivity index (χ4n) is 4.08. The third kappa shape index (κ3) is 3.66. The van der Waals surface area contributed by atoms with E-state index < -0.39 is 0 Å². The topological polar surface area (TPSA) is 49.9 Å². The van der Waals surface area contributed by atoms with Crippen molar-refractivity contribution in [3.8, 4) is 0 Å². The molecular weight excluding hydrogens is 304 g/mol. The normalized spacial score (nSPS) is 34.2. The van der Waals surface area contributed by atoms with Gasteiger partial charge in [0, 0.05) is 26.2 Å². The fourth-order valence-corrected chi connectivity index (χ4v) is 4.08. The van der Waals surface area contributed by atoms with Gasteiger partial charge in [0.1, 0.15) is 0 Å². The van der Waals surface area contributed by atoms with E-state index in [2.05, 4.69) is 26.0 Å². The Hall–Kier alpha value is -1.36. The Morgan fingerprint density at radius 1 is 0.875 bits per heavy atom. The molecule has 2 fully saturated rings. The molecule has 0 spiro atoms. The minimum Gasteiger partial charge on any atom is -0.378 e. The van der Waals surface area contributed by atoms with E-state index in [-0.39, 0.29) is 23.7 Å².